The van der Waals surface area contributed by atoms with Gasteiger partial charge in [-0.25, -0.2) is 9.78 Å². The number of ether oxygens (including phenoxy) is 2. The molecule has 1 aromatic carbocycles. The number of esters is 1. The van der Waals surface area contributed by atoms with E-state index in [2.05, 4.69) is 42.8 Å². The zero-order valence-corrected chi connectivity index (χ0v) is 17.3. The molecule has 0 atom stereocenters. The molecular weight excluding hydrogens is 340 g/mol. The standard InChI is InChI=1S/C22H30N2O3/c1-7-11-24(8-2)14-18-9-10-23-21(19(18)22(25)26-6)27-20-16(4)12-15(3)13-17(20)5/h9-10,12-13H,7-8,11,14H2,1-6H3. The van der Waals surface area contributed by atoms with E-state index in [0.29, 0.717) is 18.0 Å². The molecule has 0 spiro atoms. The van der Waals surface area contributed by atoms with Crippen molar-refractivity contribution in [2.24, 2.45) is 0 Å². The minimum atomic E-state index is -0.428. The van der Waals surface area contributed by atoms with Crippen molar-refractivity contribution in [2.75, 3.05) is 20.2 Å². The van der Waals surface area contributed by atoms with E-state index in [-0.39, 0.29) is 0 Å². The zero-order valence-electron chi connectivity index (χ0n) is 17.3. The molecule has 0 saturated heterocycles. The number of methoxy groups -OCH3 is 1. The maximum atomic E-state index is 12.5. The summed E-state index contributed by atoms with van der Waals surface area (Å²) in [4.78, 5) is 19.2. The average Bonchev–Trinajstić information content (AvgIpc) is 2.63. The van der Waals surface area contributed by atoms with Gasteiger partial charge in [-0.15, -0.1) is 0 Å². The first-order valence-electron chi connectivity index (χ1n) is 9.45. The molecule has 5 nitrogen and oxygen atoms in total. The molecule has 2 rings (SSSR count). The number of pyridine rings is 1. The number of carbonyl (C=O) groups excluding carboxylic acids is 1. The molecule has 0 unspecified atom stereocenters. The Hall–Kier alpha value is -2.40. The van der Waals surface area contributed by atoms with Gasteiger partial charge in [-0.05, 0) is 63.0 Å². The molecule has 0 N–H and O–H groups in total. The summed E-state index contributed by atoms with van der Waals surface area (Å²) < 4.78 is 11.2. The summed E-state index contributed by atoms with van der Waals surface area (Å²) in [5.41, 5.74) is 4.46. The van der Waals surface area contributed by atoms with Crippen LogP contribution in [0, 0.1) is 20.8 Å². The summed E-state index contributed by atoms with van der Waals surface area (Å²) in [6.45, 7) is 12.8. The molecule has 0 aliphatic carbocycles. The molecule has 0 fully saturated rings. The van der Waals surface area contributed by atoms with Crippen molar-refractivity contribution in [3.05, 3.63) is 52.2 Å². The van der Waals surface area contributed by atoms with Crippen molar-refractivity contribution < 1.29 is 14.3 Å². The van der Waals surface area contributed by atoms with Crippen LogP contribution in [0.3, 0.4) is 0 Å². The van der Waals surface area contributed by atoms with Crippen molar-refractivity contribution in [1.29, 1.82) is 0 Å². The SMILES string of the molecule is CCCN(CC)Cc1ccnc(Oc2c(C)cc(C)cc2C)c1C(=O)OC. The average molecular weight is 370 g/mol. The largest absolute Gasteiger partial charge is 0.465 e. The van der Waals surface area contributed by atoms with Crippen molar-refractivity contribution in [3.63, 3.8) is 0 Å². The highest BCUT2D eigenvalue weighted by molar-refractivity contribution is 5.93. The first-order chi connectivity index (χ1) is 12.9. The van der Waals surface area contributed by atoms with E-state index < -0.39 is 5.97 Å². The monoisotopic (exact) mass is 370 g/mol. The third kappa shape index (κ3) is 5.07. The molecule has 5 heteroatoms. The van der Waals surface area contributed by atoms with Crippen LogP contribution in [0.5, 0.6) is 11.6 Å². The van der Waals surface area contributed by atoms with Gasteiger partial charge in [0.2, 0.25) is 5.88 Å². The second-order valence-corrected chi connectivity index (χ2v) is 6.84. The highest BCUT2D eigenvalue weighted by Crippen LogP contribution is 2.32. The Morgan fingerprint density at radius 2 is 1.81 bits per heavy atom. The van der Waals surface area contributed by atoms with Gasteiger partial charge in [-0.2, -0.15) is 0 Å². The quantitative estimate of drug-likeness (QED) is 0.624. The van der Waals surface area contributed by atoms with Crippen LogP contribution in [0.1, 0.15) is 52.9 Å². The first-order valence-corrected chi connectivity index (χ1v) is 9.45. The topological polar surface area (TPSA) is 51.7 Å². The molecule has 0 amide bonds. The molecule has 1 heterocycles. The highest BCUT2D eigenvalue weighted by Gasteiger charge is 2.22. The Bertz CT molecular complexity index is 779. The molecule has 0 radical (unpaired) electrons. The number of rotatable bonds is 8. The fraction of sp³-hybridized carbons (Fsp3) is 0.455. The second kappa shape index (κ2) is 9.51. The van der Waals surface area contributed by atoms with E-state index in [4.69, 9.17) is 9.47 Å². The molecule has 0 aliphatic rings. The van der Waals surface area contributed by atoms with Crippen LogP contribution >= 0.6 is 0 Å². The van der Waals surface area contributed by atoms with Gasteiger partial charge in [0.05, 0.1) is 7.11 Å². The number of hydrogen-bond acceptors (Lipinski definition) is 5. The maximum Gasteiger partial charge on any atom is 0.343 e. The fourth-order valence-electron chi connectivity index (χ4n) is 3.34. The van der Waals surface area contributed by atoms with Crippen molar-refractivity contribution in [1.82, 2.24) is 9.88 Å². The van der Waals surface area contributed by atoms with Crippen molar-refractivity contribution >= 4 is 5.97 Å². The zero-order chi connectivity index (χ0) is 20.0. The minimum absolute atomic E-state index is 0.293. The minimum Gasteiger partial charge on any atom is -0.465 e. The highest BCUT2D eigenvalue weighted by atomic mass is 16.5. The van der Waals surface area contributed by atoms with Crippen molar-refractivity contribution in [3.8, 4) is 11.6 Å². The van der Waals surface area contributed by atoms with Crippen LogP contribution in [0.15, 0.2) is 24.4 Å². The van der Waals surface area contributed by atoms with Gasteiger partial charge >= 0.3 is 5.97 Å². The Morgan fingerprint density at radius 1 is 1.15 bits per heavy atom. The van der Waals surface area contributed by atoms with Gasteiger partial charge in [-0.1, -0.05) is 31.5 Å². The maximum absolute atomic E-state index is 12.5. The third-order valence-corrected chi connectivity index (χ3v) is 4.58. The predicted molar refractivity (Wildman–Crippen MR) is 108 cm³/mol. The lowest BCUT2D eigenvalue weighted by Crippen LogP contribution is -2.25. The van der Waals surface area contributed by atoms with E-state index in [9.17, 15) is 4.79 Å². The smallest absolute Gasteiger partial charge is 0.343 e. The summed E-state index contributed by atoms with van der Waals surface area (Å²) in [7, 11) is 1.38. The lowest BCUT2D eigenvalue weighted by Gasteiger charge is -2.22. The fourth-order valence-corrected chi connectivity index (χ4v) is 3.34. The summed E-state index contributed by atoms with van der Waals surface area (Å²) in [6, 6.07) is 5.99. The predicted octanol–water partition coefficient (Wildman–Crippen LogP) is 4.82. The van der Waals surface area contributed by atoms with Crippen LogP contribution in [0.25, 0.3) is 0 Å². The molecule has 0 bridgehead atoms. The van der Waals surface area contributed by atoms with E-state index in [0.717, 1.165) is 42.0 Å². The molecule has 1 aromatic heterocycles. The van der Waals surface area contributed by atoms with E-state index in [1.165, 1.54) is 12.7 Å². The number of nitrogens with zero attached hydrogens (tertiary/aromatic N) is 2. The van der Waals surface area contributed by atoms with Gasteiger partial charge in [-0.3, -0.25) is 4.90 Å². The van der Waals surface area contributed by atoms with E-state index in [1.807, 2.05) is 19.9 Å². The summed E-state index contributed by atoms with van der Waals surface area (Å²) in [6.07, 6.45) is 2.74. The molecular formula is C22H30N2O3. The second-order valence-electron chi connectivity index (χ2n) is 6.84. The Kier molecular flexibility index (Phi) is 7.36. The summed E-state index contributed by atoms with van der Waals surface area (Å²) >= 11 is 0. The van der Waals surface area contributed by atoms with E-state index >= 15 is 0 Å². The first kappa shape index (κ1) is 20.9. The van der Waals surface area contributed by atoms with Gasteiger partial charge < -0.3 is 9.47 Å². The van der Waals surface area contributed by atoms with Crippen LogP contribution in [-0.4, -0.2) is 36.1 Å². The number of hydrogen-bond donors (Lipinski definition) is 0. The Morgan fingerprint density at radius 3 is 2.37 bits per heavy atom. The number of aryl methyl sites for hydroxylation is 3. The molecule has 0 aliphatic heterocycles. The van der Waals surface area contributed by atoms with Crippen LogP contribution in [0.4, 0.5) is 0 Å². The lowest BCUT2D eigenvalue weighted by atomic mass is 10.1. The number of benzene rings is 1. The molecule has 27 heavy (non-hydrogen) atoms. The summed E-state index contributed by atoms with van der Waals surface area (Å²) in [5.74, 6) is 0.598. The van der Waals surface area contributed by atoms with Gasteiger partial charge in [0, 0.05) is 12.7 Å². The molecule has 2 aromatic rings. The normalized spacial score (nSPS) is 10.9. The third-order valence-electron chi connectivity index (χ3n) is 4.58. The molecule has 0 saturated carbocycles. The van der Waals surface area contributed by atoms with Crippen molar-refractivity contribution in [2.45, 2.75) is 47.6 Å². The van der Waals surface area contributed by atoms with Gasteiger partial charge in [0.1, 0.15) is 11.3 Å². The lowest BCUT2D eigenvalue weighted by molar-refractivity contribution is 0.0594. The Labute approximate surface area is 162 Å². The number of aromatic nitrogens is 1. The summed E-state index contributed by atoms with van der Waals surface area (Å²) in [5, 5.41) is 0. The van der Waals surface area contributed by atoms with E-state index in [1.54, 1.807) is 6.20 Å². The van der Waals surface area contributed by atoms with Crippen LogP contribution in [0.2, 0.25) is 0 Å². The van der Waals surface area contributed by atoms with Gasteiger partial charge in [0.15, 0.2) is 0 Å². The Balaban J connectivity index is 2.47. The van der Waals surface area contributed by atoms with Gasteiger partial charge in [0.25, 0.3) is 0 Å². The van der Waals surface area contributed by atoms with Crippen LogP contribution < -0.4 is 4.74 Å². The molecule has 146 valence electrons. The number of carbonyl (C=O) groups is 1. The van der Waals surface area contributed by atoms with Crippen LogP contribution in [-0.2, 0) is 11.3 Å².